The van der Waals surface area contributed by atoms with Gasteiger partial charge in [-0.25, -0.2) is 0 Å². The van der Waals surface area contributed by atoms with E-state index in [0.717, 1.165) is 16.5 Å². The molecular formula is C18H21NO3S. The van der Waals surface area contributed by atoms with Crippen LogP contribution in [0.15, 0.2) is 42.5 Å². The first-order chi connectivity index (χ1) is 11.2. The van der Waals surface area contributed by atoms with Crippen LogP contribution in [0.3, 0.4) is 0 Å². The molecule has 2 aromatic carbocycles. The van der Waals surface area contributed by atoms with E-state index in [2.05, 4.69) is 10.8 Å². The highest BCUT2D eigenvalue weighted by Crippen LogP contribution is 2.23. The van der Waals surface area contributed by atoms with Crippen molar-refractivity contribution in [3.05, 3.63) is 42.5 Å². The summed E-state index contributed by atoms with van der Waals surface area (Å²) in [4.78, 5) is 25.3. The van der Waals surface area contributed by atoms with E-state index in [0.29, 0.717) is 18.7 Å². The predicted molar refractivity (Wildman–Crippen MR) is 95.9 cm³/mol. The minimum absolute atomic E-state index is 0.0696. The average Bonchev–Trinajstić information content (AvgIpc) is 2.59. The first-order valence-corrected chi connectivity index (χ1v) is 8.75. The van der Waals surface area contributed by atoms with Crippen LogP contribution in [0.1, 0.15) is 13.3 Å². The highest BCUT2D eigenvalue weighted by Gasteiger charge is 2.14. The second kappa shape index (κ2) is 8.58. The van der Waals surface area contributed by atoms with Crippen LogP contribution in [-0.2, 0) is 14.3 Å². The van der Waals surface area contributed by atoms with Gasteiger partial charge in [0.15, 0.2) is 0 Å². The third-order valence-electron chi connectivity index (χ3n) is 3.57. The zero-order chi connectivity index (χ0) is 16.7. The summed E-state index contributed by atoms with van der Waals surface area (Å²) in [7, 11) is 1.37. The molecule has 0 saturated carbocycles. The van der Waals surface area contributed by atoms with Gasteiger partial charge in [-0.2, -0.15) is 0 Å². The Morgan fingerprint density at radius 1 is 1.13 bits per heavy atom. The molecule has 0 spiro atoms. The largest absolute Gasteiger partial charge is 0.468 e. The molecule has 2 aromatic rings. The van der Waals surface area contributed by atoms with Gasteiger partial charge in [0.2, 0.25) is 5.91 Å². The quantitative estimate of drug-likeness (QED) is 0.575. The van der Waals surface area contributed by atoms with E-state index in [1.54, 1.807) is 4.90 Å². The number of anilines is 1. The molecule has 0 bridgehead atoms. The van der Waals surface area contributed by atoms with E-state index in [9.17, 15) is 9.59 Å². The molecule has 5 heteroatoms. The molecule has 0 atom stereocenters. The molecular weight excluding hydrogens is 310 g/mol. The number of carbonyl (C=O) groups excluding carboxylic acids is 2. The van der Waals surface area contributed by atoms with Gasteiger partial charge in [-0.3, -0.25) is 9.59 Å². The number of rotatable bonds is 7. The summed E-state index contributed by atoms with van der Waals surface area (Å²) >= 11 is 1.42. The Morgan fingerprint density at radius 2 is 1.87 bits per heavy atom. The molecule has 0 radical (unpaired) electrons. The number of carbonyl (C=O) groups is 2. The van der Waals surface area contributed by atoms with E-state index in [-0.39, 0.29) is 17.6 Å². The van der Waals surface area contributed by atoms with Crippen LogP contribution in [0.25, 0.3) is 10.8 Å². The number of benzene rings is 2. The number of esters is 1. The molecule has 0 unspecified atom stereocenters. The smallest absolute Gasteiger partial charge is 0.315 e. The Bertz CT molecular complexity index is 687. The summed E-state index contributed by atoms with van der Waals surface area (Å²) in [5, 5.41) is 2.28. The van der Waals surface area contributed by atoms with Gasteiger partial charge >= 0.3 is 5.97 Å². The fourth-order valence-corrected chi connectivity index (χ4v) is 3.10. The van der Waals surface area contributed by atoms with E-state index >= 15 is 0 Å². The molecule has 23 heavy (non-hydrogen) atoms. The molecule has 0 heterocycles. The minimum Gasteiger partial charge on any atom is -0.468 e. The highest BCUT2D eigenvalue weighted by atomic mass is 32.2. The third-order valence-corrected chi connectivity index (χ3v) is 4.50. The summed E-state index contributed by atoms with van der Waals surface area (Å²) in [6.45, 7) is 2.59. The van der Waals surface area contributed by atoms with Crippen molar-refractivity contribution >= 4 is 40.1 Å². The molecule has 0 aliphatic heterocycles. The zero-order valence-electron chi connectivity index (χ0n) is 13.5. The molecule has 2 rings (SSSR count). The molecule has 0 aliphatic rings. The van der Waals surface area contributed by atoms with Gasteiger partial charge in [-0.15, -0.1) is 11.8 Å². The number of fused-ring (bicyclic) bond motifs is 1. The lowest BCUT2D eigenvalue weighted by Gasteiger charge is -2.21. The van der Waals surface area contributed by atoms with Gasteiger partial charge in [-0.05, 0) is 29.8 Å². The molecule has 0 aliphatic carbocycles. The molecule has 0 saturated heterocycles. The van der Waals surface area contributed by atoms with E-state index < -0.39 is 0 Å². The zero-order valence-corrected chi connectivity index (χ0v) is 14.3. The van der Waals surface area contributed by atoms with Crippen molar-refractivity contribution in [3.8, 4) is 0 Å². The van der Waals surface area contributed by atoms with Crippen LogP contribution in [0.5, 0.6) is 0 Å². The third kappa shape index (κ3) is 4.73. The second-order valence-electron chi connectivity index (χ2n) is 5.05. The lowest BCUT2D eigenvalue weighted by molar-refractivity contribution is -0.137. The maximum Gasteiger partial charge on any atom is 0.315 e. The van der Waals surface area contributed by atoms with E-state index in [4.69, 9.17) is 0 Å². The topological polar surface area (TPSA) is 46.6 Å². The van der Waals surface area contributed by atoms with Crippen molar-refractivity contribution < 1.29 is 14.3 Å². The first-order valence-electron chi connectivity index (χ1n) is 7.59. The summed E-state index contributed by atoms with van der Waals surface area (Å²) in [6.07, 6.45) is 0.405. The molecule has 4 nitrogen and oxygen atoms in total. The van der Waals surface area contributed by atoms with Crippen molar-refractivity contribution in [3.63, 3.8) is 0 Å². The SMILES string of the molecule is CCN(C(=O)CCSCC(=O)OC)c1ccc2ccccc2c1. The minimum atomic E-state index is -0.260. The summed E-state index contributed by atoms with van der Waals surface area (Å²) < 4.78 is 4.58. The Hall–Kier alpha value is -2.01. The number of hydrogen-bond acceptors (Lipinski definition) is 4. The number of ether oxygens (including phenoxy) is 1. The van der Waals surface area contributed by atoms with Crippen LogP contribution >= 0.6 is 11.8 Å². The van der Waals surface area contributed by atoms with Gasteiger partial charge in [-0.1, -0.05) is 30.3 Å². The van der Waals surface area contributed by atoms with Crippen molar-refractivity contribution in [2.45, 2.75) is 13.3 Å². The highest BCUT2D eigenvalue weighted by molar-refractivity contribution is 7.99. The number of amides is 1. The van der Waals surface area contributed by atoms with Gasteiger partial charge in [0.05, 0.1) is 12.9 Å². The Kier molecular flexibility index (Phi) is 6.47. The van der Waals surface area contributed by atoms with Crippen LogP contribution in [-0.4, -0.2) is 37.0 Å². The number of thioether (sulfide) groups is 1. The normalized spacial score (nSPS) is 10.5. The molecule has 122 valence electrons. The number of methoxy groups -OCH3 is 1. The molecule has 0 fully saturated rings. The van der Waals surface area contributed by atoms with Crippen LogP contribution in [0.2, 0.25) is 0 Å². The lowest BCUT2D eigenvalue weighted by Crippen LogP contribution is -2.30. The Labute approximate surface area is 140 Å². The second-order valence-corrected chi connectivity index (χ2v) is 6.15. The monoisotopic (exact) mass is 331 g/mol. The van der Waals surface area contributed by atoms with E-state index in [1.807, 2.05) is 43.3 Å². The number of nitrogens with zero attached hydrogens (tertiary/aromatic N) is 1. The summed E-state index contributed by atoms with van der Waals surface area (Å²) in [5.74, 6) is 0.702. The van der Waals surface area contributed by atoms with E-state index in [1.165, 1.54) is 18.9 Å². The van der Waals surface area contributed by atoms with Gasteiger partial charge in [0, 0.05) is 24.4 Å². The first kappa shape index (κ1) is 17.3. The van der Waals surface area contributed by atoms with Gasteiger partial charge in [0.1, 0.15) is 0 Å². The fraction of sp³-hybridized carbons (Fsp3) is 0.333. The van der Waals surface area contributed by atoms with Crippen molar-refractivity contribution in [2.75, 3.05) is 30.1 Å². The standard InChI is InChI=1S/C18H21NO3S/c1-3-19(17(20)10-11-23-13-18(21)22-2)16-9-8-14-6-4-5-7-15(14)12-16/h4-9,12H,3,10-11,13H2,1-2H3. The molecule has 0 N–H and O–H groups in total. The van der Waals surface area contributed by atoms with Crippen LogP contribution < -0.4 is 4.90 Å². The Morgan fingerprint density at radius 3 is 2.57 bits per heavy atom. The average molecular weight is 331 g/mol. The maximum atomic E-state index is 12.4. The Balaban J connectivity index is 1.99. The van der Waals surface area contributed by atoms with Gasteiger partial charge in [0.25, 0.3) is 0 Å². The van der Waals surface area contributed by atoms with Crippen LogP contribution in [0.4, 0.5) is 5.69 Å². The molecule has 0 aromatic heterocycles. The summed E-state index contributed by atoms with van der Waals surface area (Å²) in [6, 6.07) is 14.2. The lowest BCUT2D eigenvalue weighted by atomic mass is 10.1. The van der Waals surface area contributed by atoms with Crippen LogP contribution in [0, 0.1) is 0 Å². The van der Waals surface area contributed by atoms with Crippen molar-refractivity contribution in [1.29, 1.82) is 0 Å². The maximum absolute atomic E-state index is 12.4. The van der Waals surface area contributed by atoms with Gasteiger partial charge < -0.3 is 9.64 Å². The molecule has 1 amide bonds. The summed E-state index contributed by atoms with van der Waals surface area (Å²) in [5.41, 5.74) is 0.911. The fourth-order valence-electron chi connectivity index (χ4n) is 2.36. The van der Waals surface area contributed by atoms with Crippen molar-refractivity contribution in [2.24, 2.45) is 0 Å². The van der Waals surface area contributed by atoms with Crippen molar-refractivity contribution in [1.82, 2.24) is 0 Å². The number of hydrogen-bond donors (Lipinski definition) is 0. The predicted octanol–water partition coefficient (Wildman–Crippen LogP) is 3.49.